The lowest BCUT2D eigenvalue weighted by molar-refractivity contribution is -0.140. The maximum absolute atomic E-state index is 13.3. The number of hydrogen-bond donors (Lipinski definition) is 1. The standard InChI is InChI=1S/C11H8ClF4N3/c1-17-8-6-3-2-5(12)4-7(6)18-10(19-8)11(15,16)9(13)14/h2-4,9H,1H3,(H,17,18,19). The molecule has 3 nitrogen and oxygen atoms in total. The smallest absolute Gasteiger partial charge is 0.365 e. The van der Waals surface area contributed by atoms with Gasteiger partial charge in [0.05, 0.1) is 5.52 Å². The second-order valence-corrected chi connectivity index (χ2v) is 4.17. The van der Waals surface area contributed by atoms with E-state index < -0.39 is 18.2 Å². The number of hydrogen-bond acceptors (Lipinski definition) is 3. The molecule has 1 aromatic heterocycles. The maximum Gasteiger partial charge on any atom is 0.365 e. The molecule has 0 aliphatic carbocycles. The molecule has 0 bridgehead atoms. The van der Waals surface area contributed by atoms with Gasteiger partial charge in [0.1, 0.15) is 5.82 Å². The Morgan fingerprint density at radius 2 is 1.95 bits per heavy atom. The van der Waals surface area contributed by atoms with Crippen LogP contribution >= 0.6 is 11.6 Å². The van der Waals surface area contributed by atoms with Crippen LogP contribution in [0.25, 0.3) is 10.9 Å². The third-order valence-corrected chi connectivity index (χ3v) is 2.70. The molecule has 0 aliphatic rings. The van der Waals surface area contributed by atoms with Crippen LogP contribution in [0.5, 0.6) is 0 Å². The van der Waals surface area contributed by atoms with Gasteiger partial charge in [-0.1, -0.05) is 11.6 Å². The Morgan fingerprint density at radius 1 is 1.26 bits per heavy atom. The summed E-state index contributed by atoms with van der Waals surface area (Å²) in [6.45, 7) is 0. The van der Waals surface area contributed by atoms with E-state index in [-0.39, 0.29) is 16.4 Å². The van der Waals surface area contributed by atoms with Crippen LogP contribution in [-0.4, -0.2) is 23.4 Å². The van der Waals surface area contributed by atoms with Crippen LogP contribution in [0.15, 0.2) is 18.2 Å². The van der Waals surface area contributed by atoms with Gasteiger partial charge in [-0.15, -0.1) is 0 Å². The highest BCUT2D eigenvalue weighted by molar-refractivity contribution is 6.31. The fourth-order valence-electron chi connectivity index (χ4n) is 1.54. The Balaban J connectivity index is 2.71. The van der Waals surface area contributed by atoms with Crippen molar-refractivity contribution < 1.29 is 17.6 Å². The number of alkyl halides is 4. The summed E-state index contributed by atoms with van der Waals surface area (Å²) in [5.41, 5.74) is 0.0715. The van der Waals surface area contributed by atoms with Gasteiger partial charge in [0.15, 0.2) is 0 Å². The summed E-state index contributed by atoms with van der Waals surface area (Å²) in [6, 6.07) is 4.36. The molecule has 2 rings (SSSR count). The van der Waals surface area contributed by atoms with Crippen molar-refractivity contribution in [2.45, 2.75) is 12.3 Å². The number of aromatic nitrogens is 2. The van der Waals surface area contributed by atoms with Gasteiger partial charge in [0, 0.05) is 17.5 Å². The molecule has 0 radical (unpaired) electrons. The first-order valence-electron chi connectivity index (χ1n) is 5.17. The van der Waals surface area contributed by atoms with Crippen molar-refractivity contribution >= 4 is 28.3 Å². The minimum atomic E-state index is -4.41. The molecule has 8 heteroatoms. The highest BCUT2D eigenvalue weighted by Gasteiger charge is 2.46. The highest BCUT2D eigenvalue weighted by Crippen LogP contribution is 2.34. The average Bonchev–Trinajstić information content (AvgIpc) is 2.36. The van der Waals surface area contributed by atoms with Crippen LogP contribution in [0.2, 0.25) is 5.02 Å². The molecule has 0 unspecified atom stereocenters. The van der Waals surface area contributed by atoms with Crippen LogP contribution in [0, 0.1) is 0 Å². The van der Waals surface area contributed by atoms with Crippen LogP contribution in [0.4, 0.5) is 23.4 Å². The zero-order valence-corrected chi connectivity index (χ0v) is 10.3. The molecule has 1 aromatic carbocycles. The lowest BCUT2D eigenvalue weighted by Gasteiger charge is -2.15. The third kappa shape index (κ3) is 2.42. The van der Waals surface area contributed by atoms with Crippen molar-refractivity contribution in [2.75, 3.05) is 12.4 Å². The summed E-state index contributed by atoms with van der Waals surface area (Å²) in [6.07, 6.45) is -3.88. The number of nitrogens with one attached hydrogen (secondary N) is 1. The summed E-state index contributed by atoms with van der Waals surface area (Å²) in [4.78, 5) is 6.92. The number of halogens is 5. The summed E-state index contributed by atoms with van der Waals surface area (Å²) < 4.78 is 51.2. The number of benzene rings is 1. The lowest BCUT2D eigenvalue weighted by atomic mass is 10.2. The Morgan fingerprint density at radius 3 is 2.53 bits per heavy atom. The van der Waals surface area contributed by atoms with Crippen molar-refractivity contribution in [2.24, 2.45) is 0 Å². The van der Waals surface area contributed by atoms with Crippen molar-refractivity contribution in [1.29, 1.82) is 0 Å². The fourth-order valence-corrected chi connectivity index (χ4v) is 1.71. The Labute approximate surface area is 110 Å². The van der Waals surface area contributed by atoms with E-state index in [0.717, 1.165) is 0 Å². The van der Waals surface area contributed by atoms with Gasteiger partial charge >= 0.3 is 12.3 Å². The molecule has 19 heavy (non-hydrogen) atoms. The first-order valence-corrected chi connectivity index (χ1v) is 5.55. The van der Waals surface area contributed by atoms with Crippen LogP contribution < -0.4 is 5.32 Å². The van der Waals surface area contributed by atoms with E-state index in [0.29, 0.717) is 5.39 Å². The van der Waals surface area contributed by atoms with Gasteiger partial charge in [-0.2, -0.15) is 8.78 Å². The van der Waals surface area contributed by atoms with Crippen molar-refractivity contribution in [1.82, 2.24) is 9.97 Å². The van der Waals surface area contributed by atoms with Gasteiger partial charge in [0.25, 0.3) is 0 Å². The van der Waals surface area contributed by atoms with Crippen molar-refractivity contribution in [3.63, 3.8) is 0 Å². The predicted octanol–water partition coefficient (Wildman–Crippen LogP) is 3.68. The fraction of sp³-hybridized carbons (Fsp3) is 0.273. The van der Waals surface area contributed by atoms with E-state index >= 15 is 0 Å². The first kappa shape index (κ1) is 13.8. The van der Waals surface area contributed by atoms with Crippen LogP contribution in [-0.2, 0) is 5.92 Å². The van der Waals surface area contributed by atoms with Crippen LogP contribution in [0.1, 0.15) is 5.82 Å². The SMILES string of the molecule is CNc1nc(C(F)(F)C(F)F)nc2cc(Cl)ccc12. The Kier molecular flexibility index (Phi) is 3.49. The second kappa shape index (κ2) is 4.80. The number of anilines is 1. The topological polar surface area (TPSA) is 37.8 Å². The second-order valence-electron chi connectivity index (χ2n) is 3.73. The quantitative estimate of drug-likeness (QED) is 0.877. The minimum absolute atomic E-state index is 0.0389. The van der Waals surface area contributed by atoms with Crippen LogP contribution in [0.3, 0.4) is 0 Å². The van der Waals surface area contributed by atoms with E-state index in [1.165, 1.54) is 25.2 Å². The highest BCUT2D eigenvalue weighted by atomic mass is 35.5. The van der Waals surface area contributed by atoms with Crippen molar-refractivity contribution in [3.8, 4) is 0 Å². The summed E-state index contributed by atoms with van der Waals surface area (Å²) in [7, 11) is 1.45. The Hall–Kier alpha value is -1.63. The normalized spacial score (nSPS) is 12.2. The molecule has 1 N–H and O–H groups in total. The molecular formula is C11H8ClF4N3. The monoisotopic (exact) mass is 293 g/mol. The largest absolute Gasteiger partial charge is 0.373 e. The molecule has 0 aliphatic heterocycles. The van der Waals surface area contributed by atoms with Gasteiger partial charge in [0.2, 0.25) is 5.82 Å². The van der Waals surface area contributed by atoms with Crippen molar-refractivity contribution in [3.05, 3.63) is 29.0 Å². The average molecular weight is 294 g/mol. The van der Waals surface area contributed by atoms with Gasteiger partial charge in [-0.3, -0.25) is 0 Å². The minimum Gasteiger partial charge on any atom is -0.373 e. The maximum atomic E-state index is 13.3. The zero-order chi connectivity index (χ0) is 14.2. The van der Waals surface area contributed by atoms with E-state index in [1.807, 2.05) is 0 Å². The lowest BCUT2D eigenvalue weighted by Crippen LogP contribution is -2.26. The molecule has 0 saturated carbocycles. The zero-order valence-electron chi connectivity index (χ0n) is 9.59. The molecule has 0 atom stereocenters. The van der Waals surface area contributed by atoms with E-state index in [9.17, 15) is 17.6 Å². The van der Waals surface area contributed by atoms with E-state index in [4.69, 9.17) is 11.6 Å². The first-order chi connectivity index (χ1) is 8.86. The summed E-state index contributed by atoms with van der Waals surface area (Å²) >= 11 is 5.73. The van der Waals surface area contributed by atoms with Gasteiger partial charge in [-0.05, 0) is 18.2 Å². The summed E-state index contributed by atoms with van der Waals surface area (Å²) in [5, 5.41) is 3.25. The van der Waals surface area contributed by atoms with Gasteiger partial charge in [-0.25, -0.2) is 18.7 Å². The Bertz CT molecular complexity index is 618. The number of nitrogens with zero attached hydrogens (tertiary/aromatic N) is 2. The third-order valence-electron chi connectivity index (χ3n) is 2.47. The molecule has 2 aromatic rings. The van der Waals surface area contributed by atoms with E-state index in [1.54, 1.807) is 0 Å². The van der Waals surface area contributed by atoms with Gasteiger partial charge < -0.3 is 5.32 Å². The predicted molar refractivity (Wildman–Crippen MR) is 64.0 cm³/mol. The molecule has 1 heterocycles. The van der Waals surface area contributed by atoms with E-state index in [2.05, 4.69) is 15.3 Å². The molecule has 102 valence electrons. The molecule has 0 spiro atoms. The number of fused-ring (bicyclic) bond motifs is 1. The molecule has 0 amide bonds. The summed E-state index contributed by atoms with van der Waals surface area (Å²) in [5.74, 6) is -5.61. The number of rotatable bonds is 3. The molecular weight excluding hydrogens is 286 g/mol. The molecule has 0 saturated heterocycles. The molecule has 0 fully saturated rings.